The second-order valence-electron chi connectivity index (χ2n) is 5.14. The van der Waals surface area contributed by atoms with E-state index >= 15 is 0 Å². The van der Waals surface area contributed by atoms with Crippen LogP contribution < -0.4 is 5.32 Å². The number of carbonyl (C=O) groups is 1. The number of hydrogen-bond acceptors (Lipinski definition) is 7. The van der Waals surface area contributed by atoms with E-state index in [-0.39, 0.29) is 17.4 Å². The third-order valence-electron chi connectivity index (χ3n) is 3.23. The molecular formula is C15H14BrN5O2S2. The molecule has 2 aromatic heterocycles. The van der Waals surface area contributed by atoms with Gasteiger partial charge < -0.3 is 15.0 Å². The molecule has 130 valence electrons. The Morgan fingerprint density at radius 3 is 2.96 bits per heavy atom. The lowest BCUT2D eigenvalue weighted by atomic mass is 10.2. The monoisotopic (exact) mass is 439 g/mol. The number of aromatic hydroxyl groups is 1. The zero-order valence-corrected chi connectivity index (χ0v) is 16.6. The van der Waals surface area contributed by atoms with E-state index in [0.717, 1.165) is 9.35 Å². The maximum atomic E-state index is 12.0. The second kappa shape index (κ2) is 7.54. The summed E-state index contributed by atoms with van der Waals surface area (Å²) in [6, 6.07) is 5.10. The molecule has 25 heavy (non-hydrogen) atoms. The minimum absolute atomic E-state index is 0.118. The van der Waals surface area contributed by atoms with Crippen molar-refractivity contribution in [3.8, 4) is 17.1 Å². The van der Waals surface area contributed by atoms with Crippen molar-refractivity contribution in [1.82, 2.24) is 19.7 Å². The molecule has 0 fully saturated rings. The van der Waals surface area contributed by atoms with Crippen molar-refractivity contribution in [1.29, 1.82) is 0 Å². The Labute approximate surface area is 160 Å². The highest BCUT2D eigenvalue weighted by Crippen LogP contribution is 2.32. The number of hydrogen-bond donors (Lipinski definition) is 2. The number of aryl methyl sites for hydroxylation is 1. The number of halogens is 1. The number of anilines is 1. The van der Waals surface area contributed by atoms with Gasteiger partial charge in [0.25, 0.3) is 0 Å². The first-order valence-corrected chi connectivity index (χ1v) is 9.77. The lowest BCUT2D eigenvalue weighted by molar-refractivity contribution is -0.113. The molecule has 10 heteroatoms. The van der Waals surface area contributed by atoms with E-state index < -0.39 is 0 Å². The van der Waals surface area contributed by atoms with E-state index in [2.05, 4.69) is 36.4 Å². The molecule has 0 aliphatic rings. The standard InChI is InChI=1S/C15H14BrN5O2S2/c1-8-6-17-14(25-8)18-12(23)7-24-15-20-19-13(21(15)2)10-5-9(16)3-4-11(10)22/h3-6,22H,7H2,1-2H3,(H,17,18,23). The SMILES string of the molecule is Cc1cnc(NC(=O)CSc2nnc(-c3cc(Br)ccc3O)n2C)s1. The summed E-state index contributed by atoms with van der Waals surface area (Å²) in [6.45, 7) is 1.93. The van der Waals surface area contributed by atoms with Gasteiger partial charge in [-0.05, 0) is 25.1 Å². The summed E-state index contributed by atoms with van der Waals surface area (Å²) >= 11 is 6.07. The van der Waals surface area contributed by atoms with Gasteiger partial charge >= 0.3 is 0 Å². The van der Waals surface area contributed by atoms with Crippen LogP contribution in [0.1, 0.15) is 4.88 Å². The molecule has 7 nitrogen and oxygen atoms in total. The molecule has 2 N–H and O–H groups in total. The van der Waals surface area contributed by atoms with Crippen molar-refractivity contribution in [3.05, 3.63) is 33.7 Å². The molecule has 0 bridgehead atoms. The fraction of sp³-hybridized carbons (Fsp3) is 0.200. The van der Waals surface area contributed by atoms with Gasteiger partial charge in [-0.1, -0.05) is 27.7 Å². The zero-order valence-electron chi connectivity index (χ0n) is 13.4. The number of thioether (sulfide) groups is 1. The van der Waals surface area contributed by atoms with Crippen molar-refractivity contribution in [3.63, 3.8) is 0 Å². The van der Waals surface area contributed by atoms with E-state index in [9.17, 15) is 9.90 Å². The third kappa shape index (κ3) is 4.20. The van der Waals surface area contributed by atoms with Gasteiger partial charge in [-0.2, -0.15) is 0 Å². The Balaban J connectivity index is 1.69. The molecular weight excluding hydrogens is 426 g/mol. The van der Waals surface area contributed by atoms with E-state index in [1.54, 1.807) is 36.0 Å². The largest absolute Gasteiger partial charge is 0.507 e. The lowest BCUT2D eigenvalue weighted by Crippen LogP contribution is -2.14. The first-order valence-electron chi connectivity index (χ1n) is 7.17. The smallest absolute Gasteiger partial charge is 0.236 e. The first kappa shape index (κ1) is 17.9. The average molecular weight is 440 g/mol. The molecule has 0 aliphatic carbocycles. The van der Waals surface area contributed by atoms with Crippen LogP contribution in [-0.4, -0.2) is 36.5 Å². The maximum Gasteiger partial charge on any atom is 0.236 e. The van der Waals surface area contributed by atoms with Gasteiger partial charge in [0.2, 0.25) is 5.91 Å². The molecule has 1 amide bonds. The van der Waals surface area contributed by atoms with Crippen LogP contribution in [-0.2, 0) is 11.8 Å². The molecule has 2 heterocycles. The van der Waals surface area contributed by atoms with E-state index in [1.807, 2.05) is 6.92 Å². The fourth-order valence-corrected chi connectivity index (χ4v) is 3.81. The van der Waals surface area contributed by atoms with E-state index in [1.165, 1.54) is 23.1 Å². The highest BCUT2D eigenvalue weighted by Gasteiger charge is 2.16. The van der Waals surface area contributed by atoms with Gasteiger partial charge in [-0.25, -0.2) is 4.98 Å². The number of aromatic nitrogens is 4. The summed E-state index contributed by atoms with van der Waals surface area (Å²) in [5, 5.41) is 22.2. The molecule has 3 rings (SSSR count). The van der Waals surface area contributed by atoms with Gasteiger partial charge in [0, 0.05) is 22.6 Å². The Morgan fingerprint density at radius 2 is 2.24 bits per heavy atom. The highest BCUT2D eigenvalue weighted by atomic mass is 79.9. The van der Waals surface area contributed by atoms with Crippen LogP contribution in [0.3, 0.4) is 0 Å². The molecule has 0 spiro atoms. The number of benzene rings is 1. The number of rotatable bonds is 5. The van der Waals surface area contributed by atoms with Gasteiger partial charge in [-0.15, -0.1) is 21.5 Å². The summed E-state index contributed by atoms with van der Waals surface area (Å²) in [6.07, 6.45) is 1.72. The zero-order chi connectivity index (χ0) is 18.0. The number of carbonyl (C=O) groups excluding carboxylic acids is 1. The van der Waals surface area contributed by atoms with Gasteiger partial charge in [0.15, 0.2) is 16.1 Å². The molecule has 0 unspecified atom stereocenters. The predicted molar refractivity (Wildman–Crippen MR) is 102 cm³/mol. The Kier molecular flexibility index (Phi) is 5.40. The summed E-state index contributed by atoms with van der Waals surface area (Å²) < 4.78 is 2.57. The fourth-order valence-electron chi connectivity index (χ4n) is 2.06. The van der Waals surface area contributed by atoms with Crippen LogP contribution in [0.4, 0.5) is 5.13 Å². The predicted octanol–water partition coefficient (Wildman–Crippen LogP) is 3.45. The number of thiazole rings is 1. The normalized spacial score (nSPS) is 10.8. The van der Waals surface area contributed by atoms with Crippen molar-refractivity contribution < 1.29 is 9.90 Å². The number of amides is 1. The summed E-state index contributed by atoms with van der Waals surface area (Å²) in [4.78, 5) is 17.2. The minimum Gasteiger partial charge on any atom is -0.507 e. The number of phenols is 1. The number of phenolic OH excluding ortho intramolecular Hbond substituents is 1. The Bertz CT molecular complexity index is 925. The van der Waals surface area contributed by atoms with Gasteiger partial charge in [-0.3, -0.25) is 4.79 Å². The van der Waals surface area contributed by atoms with Crippen LogP contribution in [0.5, 0.6) is 5.75 Å². The Hall–Kier alpha value is -1.91. The Morgan fingerprint density at radius 1 is 1.44 bits per heavy atom. The lowest BCUT2D eigenvalue weighted by Gasteiger charge is -2.06. The van der Waals surface area contributed by atoms with E-state index in [4.69, 9.17) is 0 Å². The van der Waals surface area contributed by atoms with Gasteiger partial charge in [0.05, 0.1) is 11.3 Å². The highest BCUT2D eigenvalue weighted by molar-refractivity contribution is 9.10. The minimum atomic E-state index is -0.158. The molecule has 0 saturated carbocycles. The molecule has 0 aliphatic heterocycles. The van der Waals surface area contributed by atoms with Crippen molar-refractivity contribution in [2.45, 2.75) is 12.1 Å². The van der Waals surface area contributed by atoms with Crippen molar-refractivity contribution in [2.24, 2.45) is 7.05 Å². The van der Waals surface area contributed by atoms with Gasteiger partial charge in [0.1, 0.15) is 5.75 Å². The van der Waals surface area contributed by atoms with Crippen LogP contribution in [0.15, 0.2) is 34.0 Å². The molecule has 1 aromatic carbocycles. The van der Waals surface area contributed by atoms with Crippen LogP contribution in [0.2, 0.25) is 0 Å². The first-order chi connectivity index (χ1) is 11.9. The summed E-state index contributed by atoms with van der Waals surface area (Å²) in [5.74, 6) is 0.674. The second-order valence-corrected chi connectivity index (χ2v) is 8.23. The molecule has 0 radical (unpaired) electrons. The average Bonchev–Trinajstić information content (AvgIpc) is 3.14. The topological polar surface area (TPSA) is 92.9 Å². The van der Waals surface area contributed by atoms with Crippen LogP contribution in [0.25, 0.3) is 11.4 Å². The van der Waals surface area contributed by atoms with Crippen molar-refractivity contribution in [2.75, 3.05) is 11.1 Å². The molecule has 0 atom stereocenters. The van der Waals surface area contributed by atoms with Crippen molar-refractivity contribution >= 4 is 50.1 Å². The summed E-state index contributed by atoms with van der Waals surface area (Å²) in [5.41, 5.74) is 0.568. The maximum absolute atomic E-state index is 12.0. The van der Waals surface area contributed by atoms with Crippen LogP contribution >= 0.6 is 39.0 Å². The van der Waals surface area contributed by atoms with Crippen LogP contribution in [0, 0.1) is 6.92 Å². The summed E-state index contributed by atoms with van der Waals surface area (Å²) in [7, 11) is 1.79. The number of nitrogens with zero attached hydrogens (tertiary/aromatic N) is 4. The number of nitrogens with one attached hydrogen (secondary N) is 1. The third-order valence-corrected chi connectivity index (χ3v) is 5.58. The molecule has 0 saturated heterocycles. The molecule has 3 aromatic rings. The van der Waals surface area contributed by atoms with E-state index in [0.29, 0.717) is 21.7 Å². The quantitative estimate of drug-likeness (QED) is 0.591.